The molecule has 0 aliphatic heterocycles. The molecule has 20 heavy (non-hydrogen) atoms. The van der Waals surface area contributed by atoms with Crippen molar-refractivity contribution in [2.75, 3.05) is 19.0 Å². The van der Waals surface area contributed by atoms with Crippen LogP contribution in [0.5, 0.6) is 5.75 Å². The second kappa shape index (κ2) is 6.60. The van der Waals surface area contributed by atoms with Crippen LogP contribution in [0.3, 0.4) is 0 Å². The highest BCUT2D eigenvalue weighted by Crippen LogP contribution is 2.20. The zero-order valence-electron chi connectivity index (χ0n) is 11.4. The minimum atomic E-state index is -0.403. The minimum absolute atomic E-state index is 0.0895. The summed E-state index contributed by atoms with van der Waals surface area (Å²) in [6.07, 6.45) is 1.72. The number of carbonyl (C=O) groups excluding carboxylic acids is 1. The molecule has 1 aromatic carbocycles. The van der Waals surface area contributed by atoms with Gasteiger partial charge in [-0.15, -0.1) is 0 Å². The third-order valence-electron chi connectivity index (χ3n) is 2.81. The molecule has 1 aromatic heterocycles. The first-order valence-corrected chi connectivity index (χ1v) is 6.24. The second-order valence-corrected chi connectivity index (χ2v) is 4.27. The standard InChI is InChI=1S/C14H17N3O3/c1-10(13-7-8-15-17-13)16-11-3-5-12(6-4-11)20-9-14(18)19-2/h3-8,10,16H,9H2,1-2H3,(H,15,17). The lowest BCUT2D eigenvalue weighted by Crippen LogP contribution is -2.12. The van der Waals surface area contributed by atoms with Crippen LogP contribution in [0.15, 0.2) is 36.5 Å². The van der Waals surface area contributed by atoms with Crippen molar-refractivity contribution in [3.8, 4) is 5.75 Å². The lowest BCUT2D eigenvalue weighted by molar-refractivity contribution is -0.142. The van der Waals surface area contributed by atoms with Crippen molar-refractivity contribution in [1.82, 2.24) is 10.2 Å². The lowest BCUT2D eigenvalue weighted by atomic mass is 10.2. The maximum absolute atomic E-state index is 11.0. The molecule has 2 aromatic rings. The summed E-state index contributed by atoms with van der Waals surface area (Å²) in [6.45, 7) is 1.95. The fourth-order valence-electron chi connectivity index (χ4n) is 1.68. The molecule has 2 rings (SSSR count). The van der Waals surface area contributed by atoms with E-state index in [1.54, 1.807) is 18.3 Å². The lowest BCUT2D eigenvalue weighted by Gasteiger charge is -2.14. The third-order valence-corrected chi connectivity index (χ3v) is 2.81. The number of rotatable bonds is 6. The largest absolute Gasteiger partial charge is 0.482 e. The van der Waals surface area contributed by atoms with Gasteiger partial charge in [0.15, 0.2) is 6.61 Å². The molecular formula is C14H17N3O3. The van der Waals surface area contributed by atoms with Gasteiger partial charge in [0.2, 0.25) is 0 Å². The SMILES string of the molecule is COC(=O)COc1ccc(NC(C)c2ccn[nH]2)cc1. The Balaban J connectivity index is 1.89. The molecule has 1 unspecified atom stereocenters. The molecule has 0 fully saturated rings. The number of anilines is 1. The van der Waals surface area contributed by atoms with E-state index in [0.29, 0.717) is 5.75 Å². The van der Waals surface area contributed by atoms with Gasteiger partial charge in [0.1, 0.15) is 5.75 Å². The fraction of sp³-hybridized carbons (Fsp3) is 0.286. The molecule has 0 saturated carbocycles. The van der Waals surface area contributed by atoms with E-state index in [9.17, 15) is 4.79 Å². The molecule has 0 aliphatic carbocycles. The Morgan fingerprint density at radius 3 is 2.70 bits per heavy atom. The molecule has 0 amide bonds. The topological polar surface area (TPSA) is 76.2 Å². The van der Waals surface area contributed by atoms with Crippen molar-refractivity contribution in [3.05, 3.63) is 42.2 Å². The number of hydrogen-bond donors (Lipinski definition) is 2. The number of carbonyl (C=O) groups is 1. The first-order valence-electron chi connectivity index (χ1n) is 6.24. The van der Waals surface area contributed by atoms with Gasteiger partial charge < -0.3 is 14.8 Å². The van der Waals surface area contributed by atoms with Crippen LogP contribution >= 0.6 is 0 Å². The number of ether oxygens (including phenoxy) is 2. The number of nitrogens with zero attached hydrogens (tertiary/aromatic N) is 1. The average molecular weight is 275 g/mol. The van der Waals surface area contributed by atoms with E-state index in [1.807, 2.05) is 25.1 Å². The first-order chi connectivity index (χ1) is 9.69. The predicted octanol–water partition coefficient (Wildman–Crippen LogP) is 2.13. The number of nitrogens with one attached hydrogen (secondary N) is 2. The second-order valence-electron chi connectivity index (χ2n) is 4.27. The van der Waals surface area contributed by atoms with E-state index in [2.05, 4.69) is 20.3 Å². The number of benzene rings is 1. The average Bonchev–Trinajstić information content (AvgIpc) is 3.00. The van der Waals surface area contributed by atoms with Gasteiger partial charge in [0.05, 0.1) is 18.8 Å². The Kier molecular flexibility index (Phi) is 4.60. The van der Waals surface area contributed by atoms with Crippen molar-refractivity contribution >= 4 is 11.7 Å². The predicted molar refractivity (Wildman–Crippen MR) is 74.6 cm³/mol. The Bertz CT molecular complexity index is 537. The number of esters is 1. The first kappa shape index (κ1) is 13.9. The molecule has 0 bridgehead atoms. The van der Waals surface area contributed by atoms with E-state index in [4.69, 9.17) is 4.74 Å². The molecule has 6 nitrogen and oxygen atoms in total. The molecule has 0 aliphatic rings. The quantitative estimate of drug-likeness (QED) is 0.790. The van der Waals surface area contributed by atoms with Crippen molar-refractivity contribution in [2.45, 2.75) is 13.0 Å². The van der Waals surface area contributed by atoms with Gasteiger partial charge in [0.25, 0.3) is 0 Å². The van der Waals surface area contributed by atoms with Crippen LogP contribution in [0.4, 0.5) is 5.69 Å². The van der Waals surface area contributed by atoms with E-state index < -0.39 is 5.97 Å². The maximum atomic E-state index is 11.0. The van der Waals surface area contributed by atoms with Crippen molar-refractivity contribution in [3.63, 3.8) is 0 Å². The van der Waals surface area contributed by atoms with Crippen LogP contribution in [0.1, 0.15) is 18.7 Å². The molecule has 0 radical (unpaired) electrons. The number of aromatic amines is 1. The van der Waals surface area contributed by atoms with Gasteiger partial charge in [-0.05, 0) is 37.3 Å². The number of H-pyrrole nitrogens is 1. The van der Waals surface area contributed by atoms with Crippen LogP contribution in [-0.2, 0) is 9.53 Å². The number of methoxy groups -OCH3 is 1. The number of aromatic nitrogens is 2. The molecule has 6 heteroatoms. The van der Waals surface area contributed by atoms with Gasteiger partial charge in [-0.2, -0.15) is 5.10 Å². The van der Waals surface area contributed by atoms with Crippen LogP contribution in [-0.4, -0.2) is 29.9 Å². The Morgan fingerprint density at radius 1 is 1.35 bits per heavy atom. The zero-order chi connectivity index (χ0) is 14.4. The summed E-state index contributed by atoms with van der Waals surface area (Å²) in [5.41, 5.74) is 1.97. The van der Waals surface area contributed by atoms with Crippen molar-refractivity contribution < 1.29 is 14.3 Å². The Morgan fingerprint density at radius 2 is 2.10 bits per heavy atom. The monoisotopic (exact) mass is 275 g/mol. The van der Waals surface area contributed by atoms with Crippen LogP contribution in [0, 0.1) is 0 Å². The zero-order valence-corrected chi connectivity index (χ0v) is 11.4. The Hall–Kier alpha value is -2.50. The normalized spacial score (nSPS) is 11.7. The van der Waals surface area contributed by atoms with Gasteiger partial charge in [-0.1, -0.05) is 0 Å². The van der Waals surface area contributed by atoms with E-state index in [0.717, 1.165) is 11.4 Å². The van der Waals surface area contributed by atoms with Gasteiger partial charge in [-0.3, -0.25) is 5.10 Å². The van der Waals surface area contributed by atoms with Crippen LogP contribution < -0.4 is 10.1 Å². The third kappa shape index (κ3) is 3.74. The van der Waals surface area contributed by atoms with Gasteiger partial charge in [-0.25, -0.2) is 4.79 Å². The van der Waals surface area contributed by atoms with Crippen molar-refractivity contribution in [2.24, 2.45) is 0 Å². The summed E-state index contributed by atoms with van der Waals surface area (Å²) in [6, 6.07) is 9.42. The van der Waals surface area contributed by atoms with Crippen LogP contribution in [0.25, 0.3) is 0 Å². The van der Waals surface area contributed by atoms with E-state index >= 15 is 0 Å². The molecule has 0 saturated heterocycles. The highest BCUT2D eigenvalue weighted by molar-refractivity contribution is 5.70. The van der Waals surface area contributed by atoms with Crippen LogP contribution in [0.2, 0.25) is 0 Å². The van der Waals surface area contributed by atoms with Crippen molar-refractivity contribution in [1.29, 1.82) is 0 Å². The summed E-state index contributed by atoms with van der Waals surface area (Å²) in [5, 5.41) is 10.2. The molecule has 0 spiro atoms. The summed E-state index contributed by atoms with van der Waals surface area (Å²) in [7, 11) is 1.33. The smallest absolute Gasteiger partial charge is 0.343 e. The maximum Gasteiger partial charge on any atom is 0.343 e. The molecule has 2 N–H and O–H groups in total. The van der Waals surface area contributed by atoms with Gasteiger partial charge >= 0.3 is 5.97 Å². The van der Waals surface area contributed by atoms with E-state index in [1.165, 1.54) is 7.11 Å². The fourth-order valence-corrected chi connectivity index (χ4v) is 1.68. The minimum Gasteiger partial charge on any atom is -0.482 e. The summed E-state index contributed by atoms with van der Waals surface area (Å²) in [5.74, 6) is 0.218. The summed E-state index contributed by atoms with van der Waals surface area (Å²) in [4.78, 5) is 11.0. The van der Waals surface area contributed by atoms with E-state index in [-0.39, 0.29) is 12.6 Å². The summed E-state index contributed by atoms with van der Waals surface area (Å²) >= 11 is 0. The molecule has 106 valence electrons. The Labute approximate surface area is 117 Å². The highest BCUT2D eigenvalue weighted by Gasteiger charge is 2.06. The molecule has 1 heterocycles. The molecule has 1 atom stereocenters. The molecular weight excluding hydrogens is 258 g/mol. The van der Waals surface area contributed by atoms with Gasteiger partial charge in [0, 0.05) is 11.9 Å². The summed E-state index contributed by atoms with van der Waals surface area (Å²) < 4.78 is 9.78. The highest BCUT2D eigenvalue weighted by atomic mass is 16.6. The number of hydrogen-bond acceptors (Lipinski definition) is 5.